The lowest BCUT2D eigenvalue weighted by Crippen LogP contribution is -2.37. The van der Waals surface area contributed by atoms with Crippen LogP contribution in [-0.2, 0) is 20.7 Å². The summed E-state index contributed by atoms with van der Waals surface area (Å²) in [5.74, 6) is -0.638. The molecule has 5 nitrogen and oxygen atoms in total. The molecule has 2 aromatic rings. The van der Waals surface area contributed by atoms with E-state index in [9.17, 15) is 14.7 Å². The number of benzene rings is 2. The Labute approximate surface area is 151 Å². The lowest BCUT2D eigenvalue weighted by atomic mass is 9.84. The largest absolute Gasteiger partial charge is 0.508 e. The van der Waals surface area contributed by atoms with Crippen LogP contribution in [0.15, 0.2) is 59.8 Å². The van der Waals surface area contributed by atoms with E-state index < -0.39 is 0 Å². The summed E-state index contributed by atoms with van der Waals surface area (Å²) in [6, 6.07) is 14.4. The third-order valence-electron chi connectivity index (χ3n) is 5.02. The van der Waals surface area contributed by atoms with Crippen LogP contribution < -0.4 is 4.90 Å². The minimum absolute atomic E-state index is 0.0654. The van der Waals surface area contributed by atoms with Crippen molar-refractivity contribution in [2.24, 2.45) is 0 Å². The van der Waals surface area contributed by atoms with Crippen LogP contribution in [0.25, 0.3) is 0 Å². The van der Waals surface area contributed by atoms with Crippen LogP contribution in [0.5, 0.6) is 5.75 Å². The number of phenolic OH excluding ortho intramolecular Hbond substituents is 1. The van der Waals surface area contributed by atoms with Crippen molar-refractivity contribution in [3.8, 4) is 5.75 Å². The number of carbonyl (C=O) groups excluding carboxylic acids is 2. The van der Waals surface area contributed by atoms with E-state index in [-0.39, 0.29) is 36.6 Å². The molecule has 1 N–H and O–H groups in total. The molecule has 0 radical (unpaired) electrons. The van der Waals surface area contributed by atoms with Gasteiger partial charge in [0.15, 0.2) is 0 Å². The van der Waals surface area contributed by atoms with Crippen LogP contribution >= 0.6 is 0 Å². The van der Waals surface area contributed by atoms with Crippen LogP contribution in [0.4, 0.5) is 5.69 Å². The van der Waals surface area contributed by atoms with E-state index in [1.807, 2.05) is 24.3 Å². The summed E-state index contributed by atoms with van der Waals surface area (Å²) >= 11 is 0. The molecule has 2 aliphatic rings. The molecule has 2 aromatic carbocycles. The predicted molar refractivity (Wildman–Crippen MR) is 96.8 cm³/mol. The Hall–Kier alpha value is -3.08. The highest BCUT2D eigenvalue weighted by atomic mass is 16.5. The van der Waals surface area contributed by atoms with Crippen molar-refractivity contribution in [1.82, 2.24) is 0 Å². The van der Waals surface area contributed by atoms with Gasteiger partial charge in [-0.15, -0.1) is 0 Å². The fourth-order valence-corrected chi connectivity index (χ4v) is 3.63. The van der Waals surface area contributed by atoms with Gasteiger partial charge in [-0.2, -0.15) is 0 Å². The van der Waals surface area contributed by atoms with Crippen molar-refractivity contribution in [2.45, 2.75) is 25.7 Å². The number of amides is 1. The first kappa shape index (κ1) is 16.4. The topological polar surface area (TPSA) is 66.8 Å². The Kier molecular flexibility index (Phi) is 3.99. The third kappa shape index (κ3) is 2.65. The predicted octanol–water partition coefficient (Wildman–Crippen LogP) is 3.29. The third-order valence-corrected chi connectivity index (χ3v) is 5.02. The molecular weight excluding hydrogens is 330 g/mol. The summed E-state index contributed by atoms with van der Waals surface area (Å²) in [7, 11) is 0. The van der Waals surface area contributed by atoms with Crippen LogP contribution in [0.1, 0.15) is 30.4 Å². The number of nitrogens with zero attached hydrogens (tertiary/aromatic N) is 1. The van der Waals surface area contributed by atoms with Gasteiger partial charge in [-0.3, -0.25) is 9.69 Å². The SMILES string of the molecule is CCc1ccc(N2C(=O)CC(c3ccc(O)cc3)C3=C2COC3=O)cc1. The number of anilines is 1. The van der Waals surface area contributed by atoms with E-state index in [0.29, 0.717) is 11.3 Å². The molecule has 0 fully saturated rings. The second-order valence-corrected chi connectivity index (χ2v) is 6.53. The Morgan fingerprint density at radius 2 is 1.77 bits per heavy atom. The van der Waals surface area contributed by atoms with Gasteiger partial charge in [0.1, 0.15) is 12.4 Å². The van der Waals surface area contributed by atoms with E-state index >= 15 is 0 Å². The number of ether oxygens (including phenoxy) is 1. The quantitative estimate of drug-likeness (QED) is 0.864. The Morgan fingerprint density at radius 3 is 2.42 bits per heavy atom. The van der Waals surface area contributed by atoms with Gasteiger partial charge in [0.25, 0.3) is 0 Å². The number of carbonyl (C=O) groups is 2. The molecule has 0 spiro atoms. The van der Waals surface area contributed by atoms with Crippen molar-refractivity contribution >= 4 is 17.6 Å². The normalized spacial score (nSPS) is 19.6. The van der Waals surface area contributed by atoms with Gasteiger partial charge < -0.3 is 9.84 Å². The fourth-order valence-electron chi connectivity index (χ4n) is 3.63. The first-order valence-electron chi connectivity index (χ1n) is 8.69. The summed E-state index contributed by atoms with van der Waals surface area (Å²) in [6.07, 6.45) is 1.11. The fraction of sp³-hybridized carbons (Fsp3) is 0.238. The molecule has 5 heteroatoms. The number of rotatable bonds is 3. The maximum atomic E-state index is 12.9. The summed E-state index contributed by atoms with van der Waals surface area (Å²) < 4.78 is 5.26. The van der Waals surface area contributed by atoms with Crippen molar-refractivity contribution in [3.05, 3.63) is 70.9 Å². The minimum Gasteiger partial charge on any atom is -0.508 e. The summed E-state index contributed by atoms with van der Waals surface area (Å²) in [6.45, 7) is 2.18. The standard InChI is InChI=1S/C21H19NO4/c1-2-13-3-7-15(8-4-13)22-18-12-26-21(25)20(18)17(11-19(22)24)14-5-9-16(23)10-6-14/h3-10,17,23H,2,11-12H2,1H3. The van der Waals surface area contributed by atoms with E-state index in [1.54, 1.807) is 29.2 Å². The van der Waals surface area contributed by atoms with Crippen LogP contribution in [-0.4, -0.2) is 23.6 Å². The lowest BCUT2D eigenvalue weighted by Gasteiger charge is -2.32. The molecule has 1 unspecified atom stereocenters. The molecule has 1 atom stereocenters. The molecule has 2 aliphatic heterocycles. The minimum atomic E-state index is -0.374. The van der Waals surface area contributed by atoms with Crippen molar-refractivity contribution in [2.75, 3.05) is 11.5 Å². The summed E-state index contributed by atoms with van der Waals surface area (Å²) in [5, 5.41) is 9.50. The van der Waals surface area contributed by atoms with Crippen LogP contribution in [0, 0.1) is 0 Å². The van der Waals surface area contributed by atoms with Gasteiger partial charge in [0.2, 0.25) is 5.91 Å². The van der Waals surface area contributed by atoms with Gasteiger partial charge in [-0.1, -0.05) is 31.2 Å². The molecule has 0 aliphatic carbocycles. The molecule has 26 heavy (non-hydrogen) atoms. The number of hydrogen-bond acceptors (Lipinski definition) is 4. The Bertz CT molecular complexity index is 897. The highest BCUT2D eigenvalue weighted by Crippen LogP contribution is 2.42. The molecule has 4 rings (SSSR count). The molecule has 0 saturated heterocycles. The smallest absolute Gasteiger partial charge is 0.336 e. The average Bonchev–Trinajstić information content (AvgIpc) is 3.03. The van der Waals surface area contributed by atoms with Gasteiger partial charge in [0.05, 0.1) is 11.3 Å². The van der Waals surface area contributed by atoms with Gasteiger partial charge in [-0.05, 0) is 41.8 Å². The van der Waals surface area contributed by atoms with Crippen LogP contribution in [0.2, 0.25) is 0 Å². The maximum absolute atomic E-state index is 12.9. The van der Waals surface area contributed by atoms with Crippen molar-refractivity contribution < 1.29 is 19.4 Å². The lowest BCUT2D eigenvalue weighted by molar-refractivity contribution is -0.136. The number of cyclic esters (lactones) is 1. The van der Waals surface area contributed by atoms with Gasteiger partial charge >= 0.3 is 5.97 Å². The summed E-state index contributed by atoms with van der Waals surface area (Å²) in [5.41, 5.74) is 3.92. The van der Waals surface area contributed by atoms with E-state index in [4.69, 9.17) is 4.74 Å². The first-order chi connectivity index (χ1) is 12.6. The average molecular weight is 349 g/mol. The van der Waals surface area contributed by atoms with Crippen molar-refractivity contribution in [3.63, 3.8) is 0 Å². The zero-order valence-electron chi connectivity index (χ0n) is 14.4. The Morgan fingerprint density at radius 1 is 1.08 bits per heavy atom. The number of phenols is 1. The zero-order chi connectivity index (χ0) is 18.3. The number of esters is 1. The van der Waals surface area contributed by atoms with Gasteiger partial charge in [0, 0.05) is 18.0 Å². The zero-order valence-corrected chi connectivity index (χ0v) is 14.4. The first-order valence-corrected chi connectivity index (χ1v) is 8.69. The molecule has 0 bridgehead atoms. The van der Waals surface area contributed by atoms with Crippen LogP contribution in [0.3, 0.4) is 0 Å². The number of aryl methyl sites for hydroxylation is 1. The Balaban J connectivity index is 1.78. The molecule has 0 aromatic heterocycles. The second-order valence-electron chi connectivity index (χ2n) is 6.53. The highest BCUT2D eigenvalue weighted by Gasteiger charge is 2.42. The highest BCUT2D eigenvalue weighted by molar-refractivity contribution is 6.06. The number of hydrogen-bond donors (Lipinski definition) is 1. The second kappa shape index (κ2) is 6.33. The maximum Gasteiger partial charge on any atom is 0.336 e. The van der Waals surface area contributed by atoms with E-state index in [1.165, 1.54) is 5.56 Å². The molecule has 1 amide bonds. The summed E-state index contributed by atoms with van der Waals surface area (Å²) in [4.78, 5) is 26.9. The molecule has 132 valence electrons. The van der Waals surface area contributed by atoms with E-state index in [0.717, 1.165) is 17.7 Å². The molecule has 2 heterocycles. The van der Waals surface area contributed by atoms with Gasteiger partial charge in [-0.25, -0.2) is 4.79 Å². The molecular formula is C21H19NO4. The monoisotopic (exact) mass is 349 g/mol. The van der Waals surface area contributed by atoms with Crippen molar-refractivity contribution in [1.29, 1.82) is 0 Å². The molecule has 0 saturated carbocycles. The number of aromatic hydroxyl groups is 1. The van der Waals surface area contributed by atoms with E-state index in [2.05, 4.69) is 6.92 Å².